The van der Waals surface area contributed by atoms with Gasteiger partial charge in [0.1, 0.15) is 5.84 Å². The lowest BCUT2D eigenvalue weighted by molar-refractivity contribution is 0.178. The predicted octanol–water partition coefficient (Wildman–Crippen LogP) is 4.48. The van der Waals surface area contributed by atoms with Crippen molar-refractivity contribution in [3.63, 3.8) is 0 Å². The Balaban J connectivity index is 1.70. The second-order valence-corrected chi connectivity index (χ2v) is 8.55. The first-order chi connectivity index (χ1) is 14.4. The topological polar surface area (TPSA) is 80.2 Å². The molecule has 0 saturated carbocycles. The molecule has 0 aromatic heterocycles. The van der Waals surface area contributed by atoms with Gasteiger partial charge in [-0.2, -0.15) is 0 Å². The van der Waals surface area contributed by atoms with E-state index in [2.05, 4.69) is 47.9 Å². The molecule has 1 fully saturated rings. The third-order valence-electron chi connectivity index (χ3n) is 6.10. The van der Waals surface area contributed by atoms with Gasteiger partial charge >= 0.3 is 0 Å². The van der Waals surface area contributed by atoms with Gasteiger partial charge in [-0.05, 0) is 68.0 Å². The van der Waals surface area contributed by atoms with E-state index in [-0.39, 0.29) is 5.84 Å². The molecule has 0 amide bonds. The Morgan fingerprint density at radius 1 is 1.10 bits per heavy atom. The number of piperidine rings is 1. The minimum absolute atomic E-state index is 0.103. The lowest BCUT2D eigenvalue weighted by atomic mass is 9.95. The van der Waals surface area contributed by atoms with Crippen molar-refractivity contribution in [3.05, 3.63) is 59.2 Å². The van der Waals surface area contributed by atoms with E-state index < -0.39 is 0 Å². The molecule has 0 aliphatic carbocycles. The number of hydrogen-bond acceptors (Lipinski definition) is 3. The number of nitrogens with zero attached hydrogens (tertiary/aromatic N) is 2. The van der Waals surface area contributed by atoms with Crippen LogP contribution >= 0.6 is 0 Å². The van der Waals surface area contributed by atoms with Crippen LogP contribution in [-0.2, 0) is 6.54 Å². The highest BCUT2D eigenvalue weighted by molar-refractivity contribution is 5.96. The average molecular weight is 406 g/mol. The Labute approximate surface area is 180 Å². The molecule has 0 bridgehead atoms. The Kier molecular flexibility index (Phi) is 7.27. The summed E-state index contributed by atoms with van der Waals surface area (Å²) >= 11 is 0. The molecule has 160 valence electrons. The summed E-state index contributed by atoms with van der Waals surface area (Å²) in [5.74, 6) is 1.50. The molecule has 0 spiro atoms. The molecular formula is C25H35N5. The summed E-state index contributed by atoms with van der Waals surface area (Å²) in [6.07, 6.45) is 2.34. The van der Waals surface area contributed by atoms with Crippen LogP contribution in [0.25, 0.3) is 11.1 Å². The molecule has 1 aliphatic rings. The van der Waals surface area contributed by atoms with Gasteiger partial charge in [0.2, 0.25) is 0 Å². The molecule has 4 N–H and O–H groups in total. The van der Waals surface area contributed by atoms with Crippen molar-refractivity contribution < 1.29 is 0 Å². The van der Waals surface area contributed by atoms with Crippen molar-refractivity contribution in [2.24, 2.45) is 11.7 Å². The predicted molar refractivity (Wildman–Crippen MR) is 126 cm³/mol. The Morgan fingerprint density at radius 2 is 1.83 bits per heavy atom. The van der Waals surface area contributed by atoms with Crippen LogP contribution in [0.2, 0.25) is 0 Å². The number of likely N-dealkylation sites (tertiary alicyclic amines) is 1. The van der Waals surface area contributed by atoms with Crippen LogP contribution in [0.15, 0.2) is 42.5 Å². The second kappa shape index (κ2) is 9.90. The normalized spacial score (nSPS) is 14.9. The largest absolute Gasteiger partial charge is 0.384 e. The van der Waals surface area contributed by atoms with Crippen LogP contribution in [-0.4, -0.2) is 47.7 Å². The smallest absolute Gasteiger partial charge is 0.122 e. The number of rotatable bonds is 7. The average Bonchev–Trinajstić information content (AvgIpc) is 2.73. The van der Waals surface area contributed by atoms with Gasteiger partial charge in [-0.1, -0.05) is 42.8 Å². The molecule has 1 saturated heterocycles. The van der Waals surface area contributed by atoms with Crippen LogP contribution in [0.5, 0.6) is 0 Å². The van der Waals surface area contributed by atoms with Crippen molar-refractivity contribution in [2.45, 2.75) is 40.2 Å². The monoisotopic (exact) mass is 405 g/mol. The van der Waals surface area contributed by atoms with Crippen LogP contribution in [0, 0.1) is 23.7 Å². The van der Waals surface area contributed by atoms with Crippen molar-refractivity contribution in [1.29, 1.82) is 10.8 Å². The lowest BCUT2D eigenvalue weighted by Crippen LogP contribution is -2.40. The number of nitrogens with one attached hydrogen (secondary N) is 2. The molecule has 5 heteroatoms. The summed E-state index contributed by atoms with van der Waals surface area (Å²) in [6, 6.07) is 14.7. The van der Waals surface area contributed by atoms with E-state index in [1.807, 2.05) is 25.1 Å². The summed E-state index contributed by atoms with van der Waals surface area (Å²) in [6.45, 7) is 11.4. The number of benzene rings is 2. The highest BCUT2D eigenvalue weighted by atomic mass is 15.2. The molecule has 2 aromatic rings. The third-order valence-corrected chi connectivity index (χ3v) is 6.10. The molecular weight excluding hydrogens is 370 g/mol. The second-order valence-electron chi connectivity index (χ2n) is 8.55. The number of nitrogen functional groups attached to an aromatic ring is 1. The van der Waals surface area contributed by atoms with Crippen LogP contribution in [0.4, 0.5) is 0 Å². The molecule has 3 rings (SSSR count). The van der Waals surface area contributed by atoms with Gasteiger partial charge in [-0.25, -0.2) is 0 Å². The summed E-state index contributed by atoms with van der Waals surface area (Å²) in [7, 11) is 0. The van der Waals surface area contributed by atoms with Gasteiger partial charge in [0, 0.05) is 31.7 Å². The molecule has 2 aromatic carbocycles. The lowest BCUT2D eigenvalue weighted by Gasteiger charge is -2.35. The fourth-order valence-corrected chi connectivity index (χ4v) is 4.37. The zero-order chi connectivity index (χ0) is 21.7. The highest BCUT2D eigenvalue weighted by Crippen LogP contribution is 2.25. The fraction of sp³-hybridized carbons (Fsp3) is 0.440. The van der Waals surface area contributed by atoms with E-state index in [1.54, 1.807) is 0 Å². The molecule has 0 unspecified atom stereocenters. The van der Waals surface area contributed by atoms with E-state index in [0.717, 1.165) is 43.9 Å². The zero-order valence-electron chi connectivity index (χ0n) is 18.5. The van der Waals surface area contributed by atoms with E-state index in [4.69, 9.17) is 16.6 Å². The molecule has 1 heterocycles. The Bertz CT molecular complexity index is 896. The quantitative estimate of drug-likeness (QED) is 0.469. The van der Waals surface area contributed by atoms with Gasteiger partial charge in [-0.3, -0.25) is 15.7 Å². The summed E-state index contributed by atoms with van der Waals surface area (Å²) in [5, 5.41) is 15.5. The summed E-state index contributed by atoms with van der Waals surface area (Å²) in [4.78, 5) is 4.73. The summed E-state index contributed by atoms with van der Waals surface area (Å²) in [5.41, 5.74) is 11.3. The minimum Gasteiger partial charge on any atom is -0.384 e. The van der Waals surface area contributed by atoms with Gasteiger partial charge in [0.15, 0.2) is 0 Å². The van der Waals surface area contributed by atoms with Crippen molar-refractivity contribution >= 4 is 11.7 Å². The zero-order valence-corrected chi connectivity index (χ0v) is 18.5. The number of hydrogen-bond donors (Lipinski definition) is 3. The summed E-state index contributed by atoms with van der Waals surface area (Å²) < 4.78 is 0. The number of aryl methyl sites for hydroxylation is 1. The third kappa shape index (κ3) is 5.70. The molecule has 0 atom stereocenters. The van der Waals surface area contributed by atoms with Crippen molar-refractivity contribution in [3.8, 4) is 11.1 Å². The van der Waals surface area contributed by atoms with E-state index in [9.17, 15) is 0 Å². The van der Waals surface area contributed by atoms with Crippen LogP contribution < -0.4 is 5.73 Å². The molecule has 5 nitrogen and oxygen atoms in total. The maximum Gasteiger partial charge on any atom is 0.122 e. The Morgan fingerprint density at radius 3 is 2.47 bits per heavy atom. The first kappa shape index (κ1) is 22.0. The SMILES string of the molecule is CCN(Cc1cc(C)cc(-c2cccc(C(=N)N)c2)c1)CC1CCN(C(C)=N)CC1. The van der Waals surface area contributed by atoms with Crippen molar-refractivity contribution in [1.82, 2.24) is 9.80 Å². The minimum atomic E-state index is 0.103. The number of amidine groups is 2. The van der Waals surface area contributed by atoms with Crippen molar-refractivity contribution in [2.75, 3.05) is 26.2 Å². The van der Waals surface area contributed by atoms with E-state index in [1.165, 1.54) is 29.5 Å². The van der Waals surface area contributed by atoms with Crippen LogP contribution in [0.3, 0.4) is 0 Å². The van der Waals surface area contributed by atoms with Gasteiger partial charge < -0.3 is 10.6 Å². The van der Waals surface area contributed by atoms with E-state index >= 15 is 0 Å². The standard InChI is InChI=1S/C25H35N5/c1-4-29(16-20-8-10-30(11-9-20)19(3)26)17-21-12-18(2)13-24(14-21)22-6-5-7-23(15-22)25(27)28/h5-7,12-15,20,26H,4,8-11,16-17H2,1-3H3,(H3,27,28). The fourth-order valence-electron chi connectivity index (χ4n) is 4.37. The van der Waals surface area contributed by atoms with Crippen LogP contribution in [0.1, 0.15) is 43.4 Å². The molecule has 0 radical (unpaired) electrons. The first-order valence-electron chi connectivity index (χ1n) is 10.9. The van der Waals surface area contributed by atoms with Gasteiger partial charge in [0.05, 0.1) is 5.84 Å². The van der Waals surface area contributed by atoms with Gasteiger partial charge in [-0.15, -0.1) is 0 Å². The molecule has 1 aliphatic heterocycles. The maximum atomic E-state index is 7.83. The highest BCUT2D eigenvalue weighted by Gasteiger charge is 2.21. The number of nitrogens with two attached hydrogens (primary N) is 1. The first-order valence-corrected chi connectivity index (χ1v) is 10.9. The van der Waals surface area contributed by atoms with E-state index in [0.29, 0.717) is 11.8 Å². The maximum absolute atomic E-state index is 7.83. The van der Waals surface area contributed by atoms with Gasteiger partial charge in [0.25, 0.3) is 0 Å². The molecule has 30 heavy (non-hydrogen) atoms. The Hall–Kier alpha value is -2.66.